The molecule has 0 fully saturated rings. The number of nitrogens with zero attached hydrogens (tertiary/aromatic N) is 3. The van der Waals surface area contributed by atoms with Crippen molar-refractivity contribution in [2.75, 3.05) is 5.73 Å². The van der Waals surface area contributed by atoms with Crippen molar-refractivity contribution in [2.24, 2.45) is 0 Å². The van der Waals surface area contributed by atoms with Crippen LogP contribution >= 0.6 is 0 Å². The lowest BCUT2D eigenvalue weighted by Crippen LogP contribution is -2.14. The minimum absolute atomic E-state index is 0.163. The number of nitrogens with one attached hydrogen (secondary N) is 1. The van der Waals surface area contributed by atoms with Crippen LogP contribution in [0.5, 0.6) is 0 Å². The number of carbonyl (C=O) groups is 1. The van der Waals surface area contributed by atoms with Gasteiger partial charge in [0.25, 0.3) is 5.91 Å². The molecular formula is C8H9N5O. The van der Waals surface area contributed by atoms with Gasteiger partial charge in [0.1, 0.15) is 0 Å². The first kappa shape index (κ1) is 8.49. The Morgan fingerprint density at radius 1 is 1.64 bits per heavy atom. The van der Waals surface area contributed by atoms with Gasteiger partial charge in [0, 0.05) is 18.1 Å². The quantitative estimate of drug-likeness (QED) is 0.673. The van der Waals surface area contributed by atoms with E-state index in [9.17, 15) is 4.79 Å². The summed E-state index contributed by atoms with van der Waals surface area (Å²) in [7, 11) is 0. The number of rotatable bonds is 1. The normalized spacial score (nSPS) is 10.4. The zero-order valence-corrected chi connectivity index (χ0v) is 7.56. The fourth-order valence-corrected chi connectivity index (χ4v) is 1.14. The molecule has 2 rings (SSSR count). The Hall–Kier alpha value is -2.11. The number of aromatic amines is 1. The summed E-state index contributed by atoms with van der Waals surface area (Å²) in [5, 5.41) is 6.52. The third-order valence-corrected chi connectivity index (χ3v) is 1.81. The zero-order chi connectivity index (χ0) is 10.1. The predicted molar refractivity (Wildman–Crippen MR) is 49.7 cm³/mol. The van der Waals surface area contributed by atoms with Crippen molar-refractivity contribution in [2.45, 2.75) is 6.92 Å². The minimum atomic E-state index is -0.288. The summed E-state index contributed by atoms with van der Waals surface area (Å²) in [6.07, 6.45) is 2.97. The average molecular weight is 191 g/mol. The Bertz CT molecular complexity index is 470. The van der Waals surface area contributed by atoms with Gasteiger partial charge in [-0.05, 0) is 13.0 Å². The molecule has 0 bridgehead atoms. The molecule has 0 spiro atoms. The van der Waals surface area contributed by atoms with Gasteiger partial charge < -0.3 is 5.73 Å². The first-order valence-electron chi connectivity index (χ1n) is 4.04. The van der Waals surface area contributed by atoms with Gasteiger partial charge in [0.05, 0.1) is 0 Å². The van der Waals surface area contributed by atoms with Crippen molar-refractivity contribution < 1.29 is 4.79 Å². The summed E-state index contributed by atoms with van der Waals surface area (Å²) in [5.41, 5.74) is 6.63. The van der Waals surface area contributed by atoms with Gasteiger partial charge in [-0.2, -0.15) is 5.10 Å². The van der Waals surface area contributed by atoms with E-state index in [2.05, 4.69) is 15.2 Å². The number of nitrogens with two attached hydrogens (primary N) is 1. The molecule has 0 aliphatic rings. The maximum Gasteiger partial charge on any atom is 0.285 e. The molecule has 0 saturated heterocycles. The number of H-pyrrole nitrogens is 1. The number of hydrogen-bond acceptors (Lipinski definition) is 4. The van der Waals surface area contributed by atoms with E-state index in [0.29, 0.717) is 5.69 Å². The van der Waals surface area contributed by atoms with Crippen molar-refractivity contribution in [1.29, 1.82) is 0 Å². The zero-order valence-electron chi connectivity index (χ0n) is 7.56. The number of carbonyl (C=O) groups excluding carboxylic acids is 1. The van der Waals surface area contributed by atoms with Crippen LogP contribution in [0.15, 0.2) is 18.5 Å². The molecule has 0 aliphatic heterocycles. The molecular weight excluding hydrogens is 182 g/mol. The van der Waals surface area contributed by atoms with Crippen molar-refractivity contribution in [3.8, 4) is 0 Å². The van der Waals surface area contributed by atoms with Crippen molar-refractivity contribution in [3.05, 3.63) is 29.8 Å². The largest absolute Gasteiger partial charge is 0.369 e. The molecule has 0 atom stereocenters. The molecule has 6 heteroatoms. The summed E-state index contributed by atoms with van der Waals surface area (Å²) in [6, 6.07) is 1.65. The van der Waals surface area contributed by atoms with Gasteiger partial charge in [-0.15, -0.1) is 0 Å². The predicted octanol–water partition coefficient (Wildman–Crippen LogP) is 0.185. The van der Waals surface area contributed by atoms with E-state index in [1.165, 1.54) is 17.0 Å². The van der Waals surface area contributed by atoms with E-state index in [1.807, 2.05) is 6.92 Å². The molecule has 2 heterocycles. The highest BCUT2D eigenvalue weighted by atomic mass is 16.2. The Morgan fingerprint density at radius 2 is 2.43 bits per heavy atom. The summed E-state index contributed by atoms with van der Waals surface area (Å²) < 4.78 is 1.25. The fourth-order valence-electron chi connectivity index (χ4n) is 1.14. The molecule has 0 unspecified atom stereocenters. The van der Waals surface area contributed by atoms with Crippen LogP contribution in [0.25, 0.3) is 0 Å². The van der Waals surface area contributed by atoms with Crippen LogP contribution in [-0.4, -0.2) is 25.7 Å². The highest BCUT2D eigenvalue weighted by molar-refractivity contribution is 5.95. The molecule has 2 aromatic heterocycles. The van der Waals surface area contributed by atoms with Crippen LogP contribution in [0.3, 0.4) is 0 Å². The Balaban J connectivity index is 2.38. The molecule has 0 aromatic carbocycles. The molecule has 14 heavy (non-hydrogen) atoms. The molecule has 0 aliphatic carbocycles. The second-order valence-electron chi connectivity index (χ2n) is 2.90. The van der Waals surface area contributed by atoms with Crippen LogP contribution < -0.4 is 5.73 Å². The molecule has 0 radical (unpaired) electrons. The third-order valence-electron chi connectivity index (χ3n) is 1.81. The van der Waals surface area contributed by atoms with Gasteiger partial charge in [0.15, 0.2) is 5.69 Å². The van der Waals surface area contributed by atoms with Crippen LogP contribution in [0.4, 0.5) is 5.95 Å². The standard InChI is InChI=1S/C8H9N5O/c1-5-4-6(12-11-5)7(14)13-3-2-10-8(13)9/h2-4H,1H3,(H2,9,10)(H,11,12). The fraction of sp³-hybridized carbons (Fsp3) is 0.125. The Morgan fingerprint density at radius 3 is 2.93 bits per heavy atom. The topological polar surface area (TPSA) is 89.6 Å². The van der Waals surface area contributed by atoms with E-state index >= 15 is 0 Å². The van der Waals surface area contributed by atoms with Gasteiger partial charge in [-0.3, -0.25) is 14.5 Å². The molecule has 0 amide bonds. The van der Waals surface area contributed by atoms with Gasteiger partial charge in [0.2, 0.25) is 5.95 Å². The van der Waals surface area contributed by atoms with Gasteiger partial charge in [-0.25, -0.2) is 4.98 Å². The van der Waals surface area contributed by atoms with Crippen LogP contribution in [0.1, 0.15) is 16.2 Å². The summed E-state index contributed by atoms with van der Waals surface area (Å²) in [5.74, 6) is -0.125. The van der Waals surface area contributed by atoms with Gasteiger partial charge >= 0.3 is 0 Å². The maximum absolute atomic E-state index is 11.7. The first-order chi connectivity index (χ1) is 6.68. The number of nitrogen functional groups attached to an aromatic ring is 1. The lowest BCUT2D eigenvalue weighted by atomic mass is 10.3. The molecule has 0 saturated carbocycles. The first-order valence-corrected chi connectivity index (χ1v) is 4.04. The van der Waals surface area contributed by atoms with Crippen molar-refractivity contribution in [3.63, 3.8) is 0 Å². The second-order valence-corrected chi connectivity index (χ2v) is 2.90. The van der Waals surface area contributed by atoms with Crippen LogP contribution in [-0.2, 0) is 0 Å². The van der Waals surface area contributed by atoms with Crippen molar-refractivity contribution in [1.82, 2.24) is 19.7 Å². The molecule has 3 N–H and O–H groups in total. The van der Waals surface area contributed by atoms with Crippen molar-refractivity contribution >= 4 is 11.9 Å². The number of imidazole rings is 1. The molecule has 72 valence electrons. The number of hydrogen-bond donors (Lipinski definition) is 2. The maximum atomic E-state index is 11.7. The lowest BCUT2D eigenvalue weighted by molar-refractivity contribution is 0.0957. The summed E-state index contributed by atoms with van der Waals surface area (Å²) in [4.78, 5) is 15.5. The molecule has 2 aromatic rings. The SMILES string of the molecule is Cc1cc(C(=O)n2ccnc2N)n[nH]1. The minimum Gasteiger partial charge on any atom is -0.369 e. The third kappa shape index (κ3) is 1.26. The van der Waals surface area contributed by atoms with E-state index in [0.717, 1.165) is 5.69 Å². The van der Waals surface area contributed by atoms with E-state index in [1.54, 1.807) is 6.07 Å². The highest BCUT2D eigenvalue weighted by Crippen LogP contribution is 2.05. The smallest absolute Gasteiger partial charge is 0.285 e. The van der Waals surface area contributed by atoms with E-state index < -0.39 is 0 Å². The lowest BCUT2D eigenvalue weighted by Gasteiger charge is -1.98. The summed E-state index contributed by atoms with van der Waals surface area (Å²) in [6.45, 7) is 1.82. The average Bonchev–Trinajstić information content (AvgIpc) is 2.73. The van der Waals surface area contributed by atoms with Crippen LogP contribution in [0, 0.1) is 6.92 Å². The number of aromatic nitrogens is 4. The summed E-state index contributed by atoms with van der Waals surface area (Å²) >= 11 is 0. The van der Waals surface area contributed by atoms with E-state index in [4.69, 9.17) is 5.73 Å². The second kappa shape index (κ2) is 2.99. The monoisotopic (exact) mass is 191 g/mol. The van der Waals surface area contributed by atoms with E-state index in [-0.39, 0.29) is 11.9 Å². The number of aryl methyl sites for hydroxylation is 1. The Labute approximate surface area is 79.8 Å². The van der Waals surface area contributed by atoms with Gasteiger partial charge in [-0.1, -0.05) is 0 Å². The highest BCUT2D eigenvalue weighted by Gasteiger charge is 2.13. The van der Waals surface area contributed by atoms with Crippen LogP contribution in [0.2, 0.25) is 0 Å². The Kier molecular flexibility index (Phi) is 1.81. The molecule has 6 nitrogen and oxygen atoms in total. The number of anilines is 1.